The maximum Gasteiger partial charge on any atom is 0.410 e. The van der Waals surface area contributed by atoms with Gasteiger partial charge in [-0.2, -0.15) is 0 Å². The van der Waals surface area contributed by atoms with E-state index in [1.54, 1.807) is 19.1 Å². The van der Waals surface area contributed by atoms with Gasteiger partial charge in [-0.3, -0.25) is 0 Å². The van der Waals surface area contributed by atoms with E-state index in [1.807, 2.05) is 45.9 Å². The van der Waals surface area contributed by atoms with E-state index in [9.17, 15) is 9.18 Å². The number of carbonyl (C=O) groups is 1. The van der Waals surface area contributed by atoms with Crippen LogP contribution in [0.1, 0.15) is 70.4 Å². The molecule has 0 bridgehead atoms. The molecule has 1 aliphatic heterocycles. The Kier molecular flexibility index (Phi) is 10.7. The van der Waals surface area contributed by atoms with Gasteiger partial charge in [0.15, 0.2) is 11.5 Å². The Bertz CT molecular complexity index is 1320. The van der Waals surface area contributed by atoms with Gasteiger partial charge >= 0.3 is 6.09 Å². The maximum atomic E-state index is 13.8. The lowest BCUT2D eigenvalue weighted by Crippen LogP contribution is -2.47. The molecule has 1 heterocycles. The predicted octanol–water partition coefficient (Wildman–Crippen LogP) is 8.43. The van der Waals surface area contributed by atoms with Gasteiger partial charge in [0.1, 0.15) is 5.82 Å². The number of piperidine rings is 1. The second-order valence-corrected chi connectivity index (χ2v) is 11.0. The number of amides is 1. The third-order valence-electron chi connectivity index (χ3n) is 7.80. The molecule has 1 saturated carbocycles. The molecule has 0 atom stereocenters. The summed E-state index contributed by atoms with van der Waals surface area (Å²) in [5.74, 6) is 1.85. The first-order valence-electron chi connectivity index (χ1n) is 15.2. The monoisotopic (exact) mass is 576 g/mol. The number of anilines is 1. The Hall–Kier alpha value is -3.74. The first-order valence-corrected chi connectivity index (χ1v) is 15.2. The van der Waals surface area contributed by atoms with Gasteiger partial charge in [0.05, 0.1) is 20.3 Å². The molecule has 0 radical (unpaired) electrons. The van der Waals surface area contributed by atoms with Crippen LogP contribution in [0, 0.1) is 5.82 Å². The fraction of sp³-hybridized carbons (Fsp3) is 0.457. The van der Waals surface area contributed by atoms with E-state index in [0.29, 0.717) is 25.6 Å². The van der Waals surface area contributed by atoms with Crippen LogP contribution in [0.4, 0.5) is 14.9 Å². The van der Waals surface area contributed by atoms with Gasteiger partial charge in [-0.25, -0.2) is 9.18 Å². The van der Waals surface area contributed by atoms with Crippen molar-refractivity contribution >= 4 is 11.8 Å². The summed E-state index contributed by atoms with van der Waals surface area (Å²) in [7, 11) is 3.38. The van der Waals surface area contributed by atoms with Gasteiger partial charge in [0, 0.05) is 36.9 Å². The summed E-state index contributed by atoms with van der Waals surface area (Å²) in [6, 6.07) is 19.8. The zero-order chi connectivity index (χ0) is 30.2. The van der Waals surface area contributed by atoms with E-state index in [2.05, 4.69) is 35.2 Å². The van der Waals surface area contributed by atoms with Gasteiger partial charge < -0.3 is 24.0 Å². The smallest absolute Gasteiger partial charge is 0.410 e. The van der Waals surface area contributed by atoms with Crippen LogP contribution in [0.15, 0.2) is 60.7 Å². The minimum atomic E-state index is -0.255. The number of carbonyl (C=O) groups excluding carboxylic acids is 1. The first kappa shape index (κ1) is 31.2. The summed E-state index contributed by atoms with van der Waals surface area (Å²) in [6.45, 7) is 9.66. The van der Waals surface area contributed by atoms with Gasteiger partial charge in [-0.1, -0.05) is 32.0 Å². The van der Waals surface area contributed by atoms with Crippen LogP contribution in [0.5, 0.6) is 11.5 Å². The van der Waals surface area contributed by atoms with Crippen molar-refractivity contribution in [3.05, 3.63) is 77.6 Å². The van der Waals surface area contributed by atoms with E-state index < -0.39 is 0 Å². The van der Waals surface area contributed by atoms with Crippen molar-refractivity contribution in [3.8, 4) is 22.6 Å². The summed E-state index contributed by atoms with van der Waals surface area (Å²) >= 11 is 0. The van der Waals surface area contributed by atoms with E-state index in [4.69, 9.17) is 14.2 Å². The molecule has 1 aliphatic carbocycles. The summed E-state index contributed by atoms with van der Waals surface area (Å²) in [6.07, 6.45) is 3.57. The number of hydrogen-bond acceptors (Lipinski definition) is 5. The van der Waals surface area contributed by atoms with Gasteiger partial charge in [-0.15, -0.1) is 0 Å². The van der Waals surface area contributed by atoms with Crippen LogP contribution in [-0.4, -0.2) is 50.4 Å². The minimum Gasteiger partial charge on any atom is -0.493 e. The lowest BCUT2D eigenvalue weighted by Gasteiger charge is -2.39. The normalized spacial score (nSPS) is 15.1. The van der Waals surface area contributed by atoms with Crippen molar-refractivity contribution in [2.24, 2.45) is 0 Å². The lowest BCUT2D eigenvalue weighted by atomic mass is 9.97. The van der Waals surface area contributed by atoms with E-state index >= 15 is 0 Å². The average Bonchev–Trinajstić information content (AvgIpc) is 3.86. The van der Waals surface area contributed by atoms with E-state index in [0.717, 1.165) is 46.7 Å². The molecule has 226 valence electrons. The second kappa shape index (κ2) is 14.4. The van der Waals surface area contributed by atoms with Gasteiger partial charge in [0.25, 0.3) is 0 Å². The Labute approximate surface area is 250 Å². The van der Waals surface area contributed by atoms with E-state index in [-0.39, 0.29) is 24.1 Å². The van der Waals surface area contributed by atoms with Crippen molar-refractivity contribution in [3.63, 3.8) is 0 Å². The number of benzene rings is 3. The second-order valence-electron chi connectivity index (χ2n) is 11.0. The number of halogens is 1. The number of hydrogen-bond donors (Lipinski definition) is 0. The fourth-order valence-corrected chi connectivity index (χ4v) is 5.60. The highest BCUT2D eigenvalue weighted by Crippen LogP contribution is 2.49. The van der Waals surface area contributed by atoms with Crippen molar-refractivity contribution in [1.29, 1.82) is 0 Å². The molecule has 0 spiro atoms. The number of nitrogens with zero attached hydrogens (tertiary/aromatic N) is 2. The SMILES string of the molecule is CC.COc1cc(-c2cccc(CN(c3ccc(F)cc3)C3CCN(C(=O)OC(C)C)CC3)c2)cc(C2CC2)c1OC. The van der Waals surface area contributed by atoms with Crippen molar-refractivity contribution < 1.29 is 23.4 Å². The molecule has 1 amide bonds. The van der Waals surface area contributed by atoms with Crippen LogP contribution in [0.3, 0.4) is 0 Å². The van der Waals surface area contributed by atoms with Crippen molar-refractivity contribution in [1.82, 2.24) is 4.90 Å². The maximum absolute atomic E-state index is 13.8. The van der Waals surface area contributed by atoms with Crippen LogP contribution in [0.25, 0.3) is 11.1 Å². The fourth-order valence-electron chi connectivity index (χ4n) is 5.60. The quantitative estimate of drug-likeness (QED) is 0.256. The number of rotatable bonds is 9. The molecule has 1 saturated heterocycles. The number of ether oxygens (including phenoxy) is 3. The summed E-state index contributed by atoms with van der Waals surface area (Å²) < 4.78 is 30.6. The zero-order valence-corrected chi connectivity index (χ0v) is 25.9. The highest BCUT2D eigenvalue weighted by Gasteiger charge is 2.30. The Morgan fingerprint density at radius 3 is 2.21 bits per heavy atom. The van der Waals surface area contributed by atoms with Crippen LogP contribution >= 0.6 is 0 Å². The van der Waals surface area contributed by atoms with Crippen molar-refractivity contribution in [2.75, 3.05) is 32.2 Å². The third-order valence-corrected chi connectivity index (χ3v) is 7.80. The molecule has 6 nitrogen and oxygen atoms in total. The Morgan fingerprint density at radius 2 is 1.62 bits per heavy atom. The molecule has 2 fully saturated rings. The number of methoxy groups -OCH3 is 2. The Balaban J connectivity index is 0.00000198. The predicted molar refractivity (Wildman–Crippen MR) is 167 cm³/mol. The molecule has 3 aromatic rings. The molecule has 7 heteroatoms. The summed E-state index contributed by atoms with van der Waals surface area (Å²) in [4.78, 5) is 16.6. The molecular weight excluding hydrogens is 531 g/mol. The zero-order valence-electron chi connectivity index (χ0n) is 25.9. The van der Waals surface area contributed by atoms with Gasteiger partial charge in [0.2, 0.25) is 0 Å². The van der Waals surface area contributed by atoms with E-state index in [1.165, 1.54) is 30.5 Å². The molecule has 0 N–H and O–H groups in total. The highest BCUT2D eigenvalue weighted by molar-refractivity contribution is 5.71. The van der Waals surface area contributed by atoms with Crippen LogP contribution in [-0.2, 0) is 11.3 Å². The first-order chi connectivity index (χ1) is 20.4. The van der Waals surface area contributed by atoms with Gasteiger partial charge in [-0.05, 0) is 105 Å². The molecule has 5 rings (SSSR count). The topological polar surface area (TPSA) is 51.2 Å². The Morgan fingerprint density at radius 1 is 0.929 bits per heavy atom. The summed E-state index contributed by atoms with van der Waals surface area (Å²) in [5, 5.41) is 0. The van der Waals surface area contributed by atoms with Crippen LogP contribution < -0.4 is 14.4 Å². The molecule has 2 aliphatic rings. The largest absolute Gasteiger partial charge is 0.493 e. The third kappa shape index (κ3) is 7.55. The highest BCUT2D eigenvalue weighted by atomic mass is 19.1. The lowest BCUT2D eigenvalue weighted by molar-refractivity contribution is 0.0690. The van der Waals surface area contributed by atoms with Crippen LogP contribution in [0.2, 0.25) is 0 Å². The molecule has 3 aromatic carbocycles. The minimum absolute atomic E-state index is 0.140. The molecule has 0 aromatic heterocycles. The molecule has 42 heavy (non-hydrogen) atoms. The standard InChI is InChI=1S/C33H39FN2O4.C2H6/c1-22(2)40-33(37)35-16-14-29(15-17-35)36(28-12-10-27(34)11-13-28)21-23-6-5-7-25(18-23)26-19-30(24-8-9-24)32(39-4)31(20-26)38-3;1-2/h5-7,10-13,18-20,22,24,29H,8-9,14-17,21H2,1-4H3;1-2H3. The molecular formula is C35H45FN2O4. The number of likely N-dealkylation sites (tertiary alicyclic amines) is 1. The average molecular weight is 577 g/mol. The molecule has 0 unspecified atom stereocenters. The van der Waals surface area contributed by atoms with Crippen molar-refractivity contribution in [2.45, 2.75) is 78.0 Å². The summed E-state index contributed by atoms with van der Waals surface area (Å²) in [5.41, 5.74) is 5.55.